The van der Waals surface area contributed by atoms with Crippen molar-refractivity contribution in [1.82, 2.24) is 4.90 Å². The Morgan fingerprint density at radius 3 is 2.03 bits per heavy atom. The maximum atomic E-state index is 13.3. The topological polar surface area (TPSA) is 85.3 Å². The van der Waals surface area contributed by atoms with E-state index in [1.165, 1.54) is 19.1 Å². The number of hydrogen-bond acceptors (Lipinski definition) is 6. The minimum Gasteiger partial charge on any atom is -0.506 e. The molecule has 0 aromatic heterocycles. The van der Waals surface area contributed by atoms with Crippen molar-refractivity contribution in [2.45, 2.75) is 12.5 Å². The normalized spacial score (nSPS) is 16.9. The van der Waals surface area contributed by atoms with Gasteiger partial charge in [0.1, 0.15) is 28.6 Å². The lowest BCUT2D eigenvalue weighted by Crippen LogP contribution is -2.31. The third-order valence-electron chi connectivity index (χ3n) is 6.12. The summed E-state index contributed by atoms with van der Waals surface area (Å²) >= 11 is 0. The van der Waals surface area contributed by atoms with Crippen LogP contribution in [0.1, 0.15) is 22.7 Å². The van der Waals surface area contributed by atoms with E-state index in [-0.39, 0.29) is 23.4 Å². The van der Waals surface area contributed by atoms with Crippen molar-refractivity contribution in [1.29, 1.82) is 0 Å². The molecule has 1 N–H and O–H groups in total. The Labute approximate surface area is 204 Å². The lowest BCUT2D eigenvalue weighted by molar-refractivity contribution is -0.139. The summed E-state index contributed by atoms with van der Waals surface area (Å²) in [6.45, 7) is 0.288. The Bertz CT molecular complexity index is 1230. The minimum absolute atomic E-state index is 0.00118. The summed E-state index contributed by atoms with van der Waals surface area (Å²) in [6, 6.07) is 21.0. The van der Waals surface area contributed by atoms with E-state index >= 15 is 0 Å². The van der Waals surface area contributed by atoms with Gasteiger partial charge in [0.05, 0.1) is 32.9 Å². The molecule has 7 nitrogen and oxygen atoms in total. The number of amides is 1. The van der Waals surface area contributed by atoms with E-state index in [0.29, 0.717) is 17.9 Å². The number of Topliss-reactive ketones (excluding diaryl/α,β-unsaturated/α-hetero) is 1. The van der Waals surface area contributed by atoms with E-state index in [1.807, 2.05) is 54.6 Å². The van der Waals surface area contributed by atoms with E-state index in [4.69, 9.17) is 14.2 Å². The highest BCUT2D eigenvalue weighted by molar-refractivity contribution is 6.46. The number of aliphatic hydroxyl groups excluding tert-OH is 1. The second-order valence-electron chi connectivity index (χ2n) is 8.04. The Balaban J connectivity index is 1.80. The smallest absolute Gasteiger partial charge is 0.295 e. The van der Waals surface area contributed by atoms with Crippen molar-refractivity contribution in [3.05, 3.63) is 95.1 Å². The van der Waals surface area contributed by atoms with Gasteiger partial charge >= 0.3 is 0 Å². The Kier molecular flexibility index (Phi) is 7.06. The Morgan fingerprint density at radius 2 is 1.46 bits per heavy atom. The fourth-order valence-corrected chi connectivity index (χ4v) is 4.35. The highest BCUT2D eigenvalue weighted by Crippen LogP contribution is 2.43. The van der Waals surface area contributed by atoms with E-state index < -0.39 is 17.7 Å². The molecule has 1 heterocycles. The molecular formula is C28H27NO6. The van der Waals surface area contributed by atoms with Crippen LogP contribution in [-0.2, 0) is 16.0 Å². The summed E-state index contributed by atoms with van der Waals surface area (Å²) in [7, 11) is 4.53. The molecular weight excluding hydrogens is 446 g/mol. The van der Waals surface area contributed by atoms with Crippen LogP contribution in [-0.4, -0.2) is 49.6 Å². The van der Waals surface area contributed by atoms with Crippen molar-refractivity contribution in [2.24, 2.45) is 0 Å². The molecule has 7 heteroatoms. The second kappa shape index (κ2) is 10.3. The predicted molar refractivity (Wildman–Crippen MR) is 132 cm³/mol. The van der Waals surface area contributed by atoms with Gasteiger partial charge in [-0.15, -0.1) is 0 Å². The molecule has 1 amide bonds. The lowest BCUT2D eigenvalue weighted by Gasteiger charge is -2.25. The maximum absolute atomic E-state index is 13.3. The Morgan fingerprint density at radius 1 is 0.829 bits per heavy atom. The maximum Gasteiger partial charge on any atom is 0.295 e. The molecule has 1 aliphatic heterocycles. The first-order valence-corrected chi connectivity index (χ1v) is 11.2. The van der Waals surface area contributed by atoms with Gasteiger partial charge in [-0.25, -0.2) is 0 Å². The van der Waals surface area contributed by atoms with E-state index in [1.54, 1.807) is 25.3 Å². The molecule has 1 atom stereocenters. The fraction of sp³-hybridized carbons (Fsp3) is 0.214. The molecule has 0 bridgehead atoms. The standard InChI is InChI=1S/C28H27NO6/c1-33-20-14-12-18(13-15-20)16-17-29-25(19-8-5-4-6-9-19)24(27(31)28(29)32)26(30)23-21(34-2)10-7-11-22(23)35-3/h4-15,25,30H,16-17H2,1-3H3/b26-24+. The van der Waals surface area contributed by atoms with Crippen LogP contribution in [0.5, 0.6) is 17.2 Å². The zero-order valence-electron chi connectivity index (χ0n) is 19.9. The molecule has 0 spiro atoms. The third kappa shape index (κ3) is 4.57. The summed E-state index contributed by atoms with van der Waals surface area (Å²) in [5.74, 6) is -0.347. The second-order valence-corrected chi connectivity index (χ2v) is 8.04. The summed E-state index contributed by atoms with van der Waals surface area (Å²) in [4.78, 5) is 28.0. The number of ketones is 1. The number of rotatable bonds is 8. The molecule has 3 aromatic carbocycles. The van der Waals surface area contributed by atoms with E-state index in [9.17, 15) is 14.7 Å². The van der Waals surface area contributed by atoms with Gasteiger partial charge in [-0.3, -0.25) is 9.59 Å². The zero-order valence-corrected chi connectivity index (χ0v) is 19.9. The summed E-state index contributed by atoms with van der Waals surface area (Å²) in [5, 5.41) is 11.4. The molecule has 1 unspecified atom stereocenters. The van der Waals surface area contributed by atoms with Crippen LogP contribution in [0.2, 0.25) is 0 Å². The number of benzene rings is 3. The average molecular weight is 474 g/mol. The largest absolute Gasteiger partial charge is 0.506 e. The molecule has 1 saturated heterocycles. The van der Waals surface area contributed by atoms with Crippen LogP contribution < -0.4 is 14.2 Å². The van der Waals surface area contributed by atoms with Crippen molar-refractivity contribution < 1.29 is 28.9 Å². The number of likely N-dealkylation sites (tertiary alicyclic amines) is 1. The van der Waals surface area contributed by atoms with Crippen LogP contribution in [0.3, 0.4) is 0 Å². The fourth-order valence-electron chi connectivity index (χ4n) is 4.35. The number of aliphatic hydroxyl groups is 1. The first-order valence-electron chi connectivity index (χ1n) is 11.2. The highest BCUT2D eigenvalue weighted by Gasteiger charge is 2.46. The molecule has 3 aromatic rings. The van der Waals surface area contributed by atoms with Crippen molar-refractivity contribution in [2.75, 3.05) is 27.9 Å². The van der Waals surface area contributed by atoms with Gasteiger partial charge < -0.3 is 24.2 Å². The van der Waals surface area contributed by atoms with E-state index in [2.05, 4.69) is 0 Å². The number of carbonyl (C=O) groups is 2. The highest BCUT2D eigenvalue weighted by atomic mass is 16.5. The molecule has 180 valence electrons. The Hall–Kier alpha value is -4.26. The molecule has 4 rings (SSSR count). The predicted octanol–water partition coefficient (Wildman–Crippen LogP) is 4.38. The molecule has 0 aliphatic carbocycles. The van der Waals surface area contributed by atoms with Crippen LogP contribution in [0.4, 0.5) is 0 Å². The lowest BCUT2D eigenvalue weighted by atomic mass is 9.94. The number of carbonyl (C=O) groups excluding carboxylic acids is 2. The summed E-state index contributed by atoms with van der Waals surface area (Å²) in [6.07, 6.45) is 0.526. The van der Waals surface area contributed by atoms with Gasteiger partial charge in [0.15, 0.2) is 0 Å². The van der Waals surface area contributed by atoms with Crippen molar-refractivity contribution in [3.63, 3.8) is 0 Å². The number of methoxy groups -OCH3 is 3. The molecule has 1 aliphatic rings. The van der Waals surface area contributed by atoms with Gasteiger partial charge in [-0.1, -0.05) is 48.5 Å². The van der Waals surface area contributed by atoms with E-state index in [0.717, 1.165) is 16.9 Å². The first-order chi connectivity index (χ1) is 17.0. The van der Waals surface area contributed by atoms with Gasteiger partial charge in [0.25, 0.3) is 11.7 Å². The molecule has 35 heavy (non-hydrogen) atoms. The SMILES string of the molecule is COc1ccc(CCN2C(=O)C(=O)/C(=C(/O)c3c(OC)cccc3OC)C2c2ccccc2)cc1. The number of nitrogens with zero attached hydrogens (tertiary/aromatic N) is 1. The quantitative estimate of drug-likeness (QED) is 0.297. The first kappa shape index (κ1) is 23.9. The van der Waals surface area contributed by atoms with Gasteiger partial charge in [-0.2, -0.15) is 0 Å². The third-order valence-corrected chi connectivity index (χ3v) is 6.12. The van der Waals surface area contributed by atoms with Crippen LogP contribution in [0.25, 0.3) is 5.76 Å². The molecule has 0 radical (unpaired) electrons. The molecule has 0 saturated carbocycles. The number of hydrogen-bond donors (Lipinski definition) is 1. The molecule has 1 fully saturated rings. The zero-order chi connectivity index (χ0) is 24.9. The van der Waals surface area contributed by atoms with Crippen LogP contribution >= 0.6 is 0 Å². The monoisotopic (exact) mass is 473 g/mol. The van der Waals surface area contributed by atoms with Crippen LogP contribution in [0, 0.1) is 0 Å². The van der Waals surface area contributed by atoms with Gasteiger partial charge in [0.2, 0.25) is 0 Å². The average Bonchev–Trinajstić information content (AvgIpc) is 3.16. The summed E-state index contributed by atoms with van der Waals surface area (Å²) < 4.78 is 16.1. The van der Waals surface area contributed by atoms with Crippen LogP contribution in [0.15, 0.2) is 78.4 Å². The van der Waals surface area contributed by atoms with Gasteiger partial charge in [0, 0.05) is 6.54 Å². The van der Waals surface area contributed by atoms with Gasteiger partial charge in [-0.05, 0) is 41.8 Å². The summed E-state index contributed by atoms with van der Waals surface area (Å²) in [5.41, 5.74) is 1.94. The van der Waals surface area contributed by atoms with Crippen molar-refractivity contribution in [3.8, 4) is 17.2 Å². The number of ether oxygens (including phenoxy) is 3. The minimum atomic E-state index is -0.760. The van der Waals surface area contributed by atoms with Crippen molar-refractivity contribution >= 4 is 17.4 Å².